The first-order valence-electron chi connectivity index (χ1n) is 11.2. The highest BCUT2D eigenvalue weighted by Crippen LogP contribution is 2.27. The molecule has 4 nitrogen and oxygen atoms in total. The number of nitrogens with two attached hydrogens (primary N) is 1. The van der Waals surface area contributed by atoms with Crippen molar-refractivity contribution in [1.82, 2.24) is 9.97 Å². The van der Waals surface area contributed by atoms with Crippen molar-refractivity contribution in [2.24, 2.45) is 5.73 Å². The normalized spacial score (nSPS) is 11.5. The Morgan fingerprint density at radius 1 is 0.500 bits per heavy atom. The molecule has 2 heterocycles. The van der Waals surface area contributed by atoms with Crippen molar-refractivity contribution >= 4 is 17.1 Å². The molecule has 3 N–H and O–H groups in total. The zero-order chi connectivity index (χ0) is 23.2. The van der Waals surface area contributed by atoms with Crippen LogP contribution in [0.4, 0.5) is 5.69 Å². The lowest BCUT2D eigenvalue weighted by molar-refractivity contribution is 1.23. The van der Waals surface area contributed by atoms with Crippen LogP contribution >= 0.6 is 0 Å². The Balaban J connectivity index is 1.62. The summed E-state index contributed by atoms with van der Waals surface area (Å²) in [5, 5.41) is 3.48. The fourth-order valence-corrected chi connectivity index (χ4v) is 3.76. The average Bonchev–Trinajstić information content (AvgIpc) is 2.93. The first kappa shape index (κ1) is 21.2. The number of hydrogen-bond acceptors (Lipinski definition) is 4. The third-order valence-electron chi connectivity index (χ3n) is 5.48. The summed E-state index contributed by atoms with van der Waals surface area (Å²) in [5.41, 5.74) is 14.2. The minimum absolute atomic E-state index is 0.527. The monoisotopic (exact) mass is 440 g/mol. The van der Waals surface area contributed by atoms with Crippen LogP contribution in [0.25, 0.3) is 33.9 Å². The van der Waals surface area contributed by atoms with Gasteiger partial charge in [-0.2, -0.15) is 0 Å². The van der Waals surface area contributed by atoms with Gasteiger partial charge in [0.15, 0.2) is 0 Å². The van der Waals surface area contributed by atoms with Gasteiger partial charge in [0.2, 0.25) is 0 Å². The lowest BCUT2D eigenvalue weighted by atomic mass is 10.1. The Hall–Kier alpha value is -4.70. The molecule has 0 bridgehead atoms. The second-order valence-electron chi connectivity index (χ2n) is 7.83. The van der Waals surface area contributed by atoms with Gasteiger partial charge in [-0.25, -0.2) is 9.97 Å². The molecule has 0 amide bonds. The summed E-state index contributed by atoms with van der Waals surface area (Å²) in [6.45, 7) is 0. The van der Waals surface area contributed by atoms with E-state index in [-0.39, 0.29) is 0 Å². The number of nitrogens with zero attached hydrogens (tertiary/aromatic N) is 2. The van der Waals surface area contributed by atoms with Gasteiger partial charge in [-0.05, 0) is 36.4 Å². The number of pyridine rings is 2. The predicted molar refractivity (Wildman–Crippen MR) is 140 cm³/mol. The van der Waals surface area contributed by atoms with E-state index in [0.29, 0.717) is 17.1 Å². The van der Waals surface area contributed by atoms with Crippen molar-refractivity contribution in [2.75, 3.05) is 5.32 Å². The summed E-state index contributed by atoms with van der Waals surface area (Å²) in [4.78, 5) is 9.80. The third kappa shape index (κ3) is 4.71. The Morgan fingerprint density at radius 2 is 0.971 bits per heavy atom. The molecule has 3 aromatic carbocycles. The Bertz CT molecular complexity index is 1410. The summed E-state index contributed by atoms with van der Waals surface area (Å²) < 4.78 is 0. The van der Waals surface area contributed by atoms with E-state index in [9.17, 15) is 0 Å². The quantitative estimate of drug-likeness (QED) is 0.308. The molecule has 0 fully saturated rings. The standard InChI is InChI=1S/C30H24N4/c31-29(27-20-10-18-25(33-27)22-12-4-1-5-13-22)30(32-24-16-8-3-9-17-24)28-21-11-19-26(34-28)23-14-6-2-7-15-23/h1-21,32H,31H2/b30-29-. The van der Waals surface area contributed by atoms with E-state index in [1.165, 1.54) is 0 Å². The van der Waals surface area contributed by atoms with Crippen molar-refractivity contribution in [2.45, 2.75) is 0 Å². The van der Waals surface area contributed by atoms with Gasteiger partial charge in [-0.3, -0.25) is 0 Å². The fourth-order valence-electron chi connectivity index (χ4n) is 3.76. The van der Waals surface area contributed by atoms with Crippen LogP contribution in [0, 0.1) is 0 Å². The molecular formula is C30H24N4. The molecule has 0 unspecified atom stereocenters. The molecule has 164 valence electrons. The number of rotatable bonds is 6. The van der Waals surface area contributed by atoms with E-state index < -0.39 is 0 Å². The van der Waals surface area contributed by atoms with Crippen molar-refractivity contribution in [1.29, 1.82) is 0 Å². The van der Waals surface area contributed by atoms with Gasteiger partial charge in [0.25, 0.3) is 0 Å². The minimum Gasteiger partial charge on any atom is -0.395 e. The van der Waals surface area contributed by atoms with Crippen LogP contribution in [-0.4, -0.2) is 9.97 Å². The summed E-state index contributed by atoms with van der Waals surface area (Å²) in [6, 6.07) is 42.0. The van der Waals surface area contributed by atoms with E-state index in [1.54, 1.807) is 0 Å². The summed E-state index contributed by atoms with van der Waals surface area (Å²) >= 11 is 0. The van der Waals surface area contributed by atoms with Crippen LogP contribution in [0.15, 0.2) is 127 Å². The van der Waals surface area contributed by atoms with Crippen molar-refractivity contribution in [3.8, 4) is 22.5 Å². The van der Waals surface area contributed by atoms with Gasteiger partial charge in [0.05, 0.1) is 34.2 Å². The fraction of sp³-hybridized carbons (Fsp3) is 0. The highest BCUT2D eigenvalue weighted by Gasteiger charge is 2.14. The van der Waals surface area contributed by atoms with Gasteiger partial charge < -0.3 is 11.1 Å². The highest BCUT2D eigenvalue weighted by molar-refractivity contribution is 5.93. The molecule has 0 radical (unpaired) electrons. The maximum absolute atomic E-state index is 6.77. The number of anilines is 1. The molecule has 0 aliphatic carbocycles. The SMILES string of the molecule is N/C(=C(\Nc1ccccc1)c1cccc(-c2ccccc2)n1)c1cccc(-c2ccccc2)n1. The van der Waals surface area contributed by atoms with Crippen LogP contribution < -0.4 is 11.1 Å². The third-order valence-corrected chi connectivity index (χ3v) is 5.48. The molecular weight excluding hydrogens is 416 g/mol. The van der Waals surface area contributed by atoms with Gasteiger partial charge in [-0.15, -0.1) is 0 Å². The van der Waals surface area contributed by atoms with Crippen molar-refractivity contribution < 1.29 is 0 Å². The van der Waals surface area contributed by atoms with Crippen LogP contribution in [-0.2, 0) is 0 Å². The first-order valence-corrected chi connectivity index (χ1v) is 11.2. The lowest BCUT2D eigenvalue weighted by Crippen LogP contribution is -2.11. The first-order chi connectivity index (χ1) is 16.8. The van der Waals surface area contributed by atoms with Gasteiger partial charge >= 0.3 is 0 Å². The van der Waals surface area contributed by atoms with Crippen molar-refractivity contribution in [3.63, 3.8) is 0 Å². The van der Waals surface area contributed by atoms with E-state index in [4.69, 9.17) is 15.7 Å². The van der Waals surface area contributed by atoms with E-state index in [2.05, 4.69) is 5.32 Å². The summed E-state index contributed by atoms with van der Waals surface area (Å²) in [6.07, 6.45) is 0. The molecule has 0 aliphatic rings. The molecule has 4 heteroatoms. The molecule has 34 heavy (non-hydrogen) atoms. The Morgan fingerprint density at radius 3 is 1.53 bits per heavy atom. The van der Waals surface area contributed by atoms with Crippen LogP contribution in [0.2, 0.25) is 0 Å². The van der Waals surface area contributed by atoms with Crippen LogP contribution in [0.3, 0.4) is 0 Å². The maximum atomic E-state index is 6.77. The molecule has 2 aromatic heterocycles. The van der Waals surface area contributed by atoms with E-state index in [1.807, 2.05) is 127 Å². The molecule has 5 rings (SSSR count). The van der Waals surface area contributed by atoms with Crippen molar-refractivity contribution in [3.05, 3.63) is 139 Å². The minimum atomic E-state index is 0.527. The smallest absolute Gasteiger partial charge is 0.0901 e. The van der Waals surface area contributed by atoms with Gasteiger partial charge in [0.1, 0.15) is 0 Å². The second kappa shape index (κ2) is 9.84. The molecule has 0 aliphatic heterocycles. The summed E-state index contributed by atoms with van der Waals surface area (Å²) in [7, 11) is 0. The molecule has 0 saturated carbocycles. The zero-order valence-corrected chi connectivity index (χ0v) is 18.6. The molecule has 0 spiro atoms. The average molecular weight is 441 g/mol. The predicted octanol–water partition coefficient (Wildman–Crippen LogP) is 6.71. The number of benzene rings is 3. The van der Waals surface area contributed by atoms with E-state index in [0.717, 1.165) is 33.9 Å². The highest BCUT2D eigenvalue weighted by atomic mass is 15.0. The van der Waals surface area contributed by atoms with E-state index >= 15 is 0 Å². The number of para-hydroxylation sites is 1. The summed E-state index contributed by atoms with van der Waals surface area (Å²) in [5.74, 6) is 0. The van der Waals surface area contributed by atoms with Gasteiger partial charge in [-0.1, -0.05) is 91.0 Å². The number of nitrogens with one attached hydrogen (secondary N) is 1. The Kier molecular flexibility index (Phi) is 6.12. The largest absolute Gasteiger partial charge is 0.395 e. The molecule has 5 aromatic rings. The zero-order valence-electron chi connectivity index (χ0n) is 18.6. The lowest BCUT2D eigenvalue weighted by Gasteiger charge is -2.16. The van der Waals surface area contributed by atoms with Crippen LogP contribution in [0.5, 0.6) is 0 Å². The molecule has 0 atom stereocenters. The second-order valence-corrected chi connectivity index (χ2v) is 7.83. The van der Waals surface area contributed by atoms with Gasteiger partial charge in [0, 0.05) is 16.8 Å². The number of hydrogen-bond donors (Lipinski definition) is 2. The maximum Gasteiger partial charge on any atom is 0.0901 e. The Labute approximate surface area is 199 Å². The number of aromatic nitrogens is 2. The molecule has 0 saturated heterocycles. The van der Waals surface area contributed by atoms with Crippen LogP contribution in [0.1, 0.15) is 11.4 Å². The topological polar surface area (TPSA) is 63.8 Å².